The predicted octanol–water partition coefficient (Wildman–Crippen LogP) is 2.69. The van der Waals surface area contributed by atoms with E-state index in [1.54, 1.807) is 36.0 Å². The monoisotopic (exact) mass is 389 g/mol. The van der Waals surface area contributed by atoms with Gasteiger partial charge < -0.3 is 11.2 Å². The number of halogens is 1. The molecule has 0 fully saturated rings. The molecule has 0 aliphatic heterocycles. The summed E-state index contributed by atoms with van der Waals surface area (Å²) in [6.07, 6.45) is 1.64. The Hall–Kier alpha value is -2.88. The minimum atomic E-state index is -0.465. The topological polar surface area (TPSA) is 104 Å². The summed E-state index contributed by atoms with van der Waals surface area (Å²) in [4.78, 5) is 12.5. The Morgan fingerprint density at radius 1 is 1.19 bits per heavy atom. The fourth-order valence-corrected chi connectivity index (χ4v) is 3.19. The molecule has 0 radical (unpaired) electrons. The Morgan fingerprint density at radius 3 is 2.56 bits per heavy atom. The van der Waals surface area contributed by atoms with Crippen molar-refractivity contribution in [3.05, 3.63) is 42.3 Å². The van der Waals surface area contributed by atoms with E-state index in [0.717, 1.165) is 0 Å². The van der Waals surface area contributed by atoms with Gasteiger partial charge in [-0.15, -0.1) is 10.2 Å². The van der Waals surface area contributed by atoms with Gasteiger partial charge in [-0.2, -0.15) is 5.10 Å². The van der Waals surface area contributed by atoms with Gasteiger partial charge >= 0.3 is 0 Å². The van der Waals surface area contributed by atoms with Crippen molar-refractivity contribution in [1.29, 1.82) is 0 Å². The van der Waals surface area contributed by atoms with Crippen LogP contribution in [0.5, 0.6) is 0 Å². The lowest BCUT2D eigenvalue weighted by molar-refractivity contribution is -0.115. The average molecular weight is 389 g/mol. The summed E-state index contributed by atoms with van der Waals surface area (Å²) in [7, 11) is 0. The summed E-state index contributed by atoms with van der Waals surface area (Å²) >= 11 is 1.18. The van der Waals surface area contributed by atoms with E-state index in [0.29, 0.717) is 22.4 Å². The van der Waals surface area contributed by atoms with Crippen LogP contribution in [0, 0.1) is 5.82 Å². The number of aromatic nitrogens is 5. The van der Waals surface area contributed by atoms with E-state index in [1.165, 1.54) is 28.6 Å². The molecule has 27 heavy (non-hydrogen) atoms. The lowest BCUT2D eigenvalue weighted by Crippen LogP contribution is -2.25. The number of thioether (sulfide) groups is 1. The number of nitrogens with two attached hydrogens (primary N) is 1. The number of hydrogen-bond acceptors (Lipinski definition) is 6. The molecule has 1 aromatic carbocycles. The highest BCUT2D eigenvalue weighted by atomic mass is 32.2. The summed E-state index contributed by atoms with van der Waals surface area (Å²) in [5.41, 5.74) is 0.635. The first-order chi connectivity index (χ1) is 12.9. The number of carbonyl (C=O) groups is 1. The van der Waals surface area contributed by atoms with E-state index >= 15 is 0 Å². The maximum absolute atomic E-state index is 13.1. The SMILES string of the molecule is CC(Sc1nnc(-c2ccc(F)cc2)n1N)C(=O)Nc1ccnn1C(C)C. The second-order valence-corrected chi connectivity index (χ2v) is 7.50. The van der Waals surface area contributed by atoms with E-state index in [2.05, 4.69) is 20.6 Å². The van der Waals surface area contributed by atoms with Gasteiger partial charge in [-0.1, -0.05) is 11.8 Å². The average Bonchev–Trinajstić information content (AvgIpc) is 3.23. The number of anilines is 1. The number of nitrogens with zero attached hydrogens (tertiary/aromatic N) is 5. The molecule has 0 spiro atoms. The Labute approximate surface area is 159 Å². The Morgan fingerprint density at radius 2 is 1.89 bits per heavy atom. The summed E-state index contributed by atoms with van der Waals surface area (Å²) in [6.45, 7) is 5.71. The highest BCUT2D eigenvalue weighted by Gasteiger charge is 2.21. The molecule has 0 bridgehead atoms. The molecule has 142 valence electrons. The third-order valence-corrected chi connectivity index (χ3v) is 4.89. The van der Waals surface area contributed by atoms with Gasteiger partial charge in [0.05, 0.1) is 11.4 Å². The van der Waals surface area contributed by atoms with Crippen LogP contribution in [-0.2, 0) is 4.79 Å². The largest absolute Gasteiger partial charge is 0.335 e. The van der Waals surface area contributed by atoms with Crippen molar-refractivity contribution in [3.63, 3.8) is 0 Å². The van der Waals surface area contributed by atoms with E-state index in [9.17, 15) is 9.18 Å². The molecule has 0 saturated heterocycles. The molecule has 3 aromatic rings. The molecule has 0 aliphatic rings. The fourth-order valence-electron chi connectivity index (χ4n) is 2.42. The molecule has 0 aliphatic carbocycles. The van der Waals surface area contributed by atoms with Gasteiger partial charge in [0, 0.05) is 17.7 Å². The van der Waals surface area contributed by atoms with Gasteiger partial charge in [0.25, 0.3) is 0 Å². The minimum absolute atomic E-state index is 0.128. The normalized spacial score (nSPS) is 12.3. The summed E-state index contributed by atoms with van der Waals surface area (Å²) in [5, 5.41) is 15.0. The van der Waals surface area contributed by atoms with Crippen molar-refractivity contribution in [2.45, 2.75) is 37.2 Å². The second kappa shape index (κ2) is 7.78. The number of nitrogens with one attached hydrogen (secondary N) is 1. The highest BCUT2D eigenvalue weighted by Crippen LogP contribution is 2.25. The van der Waals surface area contributed by atoms with Crippen LogP contribution in [0.15, 0.2) is 41.7 Å². The smallest absolute Gasteiger partial charge is 0.238 e. The number of rotatable bonds is 6. The quantitative estimate of drug-likeness (QED) is 0.496. The third kappa shape index (κ3) is 4.11. The number of benzene rings is 1. The number of carbonyl (C=O) groups excluding carboxylic acids is 1. The molecule has 3 N–H and O–H groups in total. The Bertz CT molecular complexity index is 935. The predicted molar refractivity (Wildman–Crippen MR) is 102 cm³/mol. The molecular formula is C17H20FN7OS. The number of amides is 1. The van der Waals surface area contributed by atoms with Gasteiger partial charge in [0.15, 0.2) is 5.82 Å². The van der Waals surface area contributed by atoms with E-state index in [-0.39, 0.29) is 17.8 Å². The molecule has 3 rings (SSSR count). The molecule has 2 aromatic heterocycles. The highest BCUT2D eigenvalue weighted by molar-refractivity contribution is 8.00. The van der Waals surface area contributed by atoms with Crippen molar-refractivity contribution in [2.75, 3.05) is 11.2 Å². The van der Waals surface area contributed by atoms with Crippen LogP contribution in [0.1, 0.15) is 26.8 Å². The van der Waals surface area contributed by atoms with E-state index < -0.39 is 5.25 Å². The standard InChI is InChI=1S/C17H20FN7OS/c1-10(2)25-14(8-9-20-25)21-16(26)11(3)27-17-23-22-15(24(17)19)12-4-6-13(18)7-5-12/h4-11H,19H2,1-3H3,(H,21,26). The molecule has 1 unspecified atom stereocenters. The van der Waals surface area contributed by atoms with Gasteiger partial charge in [-0.3, -0.25) is 4.79 Å². The van der Waals surface area contributed by atoms with E-state index in [1.807, 2.05) is 13.8 Å². The van der Waals surface area contributed by atoms with Crippen molar-refractivity contribution in [3.8, 4) is 11.4 Å². The maximum Gasteiger partial charge on any atom is 0.238 e. The molecule has 0 saturated carbocycles. The van der Waals surface area contributed by atoms with Crippen LogP contribution in [0.25, 0.3) is 11.4 Å². The van der Waals surface area contributed by atoms with Crippen molar-refractivity contribution >= 4 is 23.5 Å². The Kier molecular flexibility index (Phi) is 5.45. The van der Waals surface area contributed by atoms with Gasteiger partial charge in [-0.25, -0.2) is 13.7 Å². The lowest BCUT2D eigenvalue weighted by atomic mass is 10.2. The zero-order valence-electron chi connectivity index (χ0n) is 15.1. The van der Waals surface area contributed by atoms with Crippen molar-refractivity contribution < 1.29 is 9.18 Å². The molecule has 10 heteroatoms. The van der Waals surface area contributed by atoms with Crippen molar-refractivity contribution in [1.82, 2.24) is 24.7 Å². The Balaban J connectivity index is 1.70. The molecule has 1 amide bonds. The minimum Gasteiger partial charge on any atom is -0.335 e. The van der Waals surface area contributed by atoms with Gasteiger partial charge in [0.2, 0.25) is 11.1 Å². The summed E-state index contributed by atoms with van der Waals surface area (Å²) in [5.74, 6) is 6.53. The molecular weight excluding hydrogens is 369 g/mol. The molecule has 8 nitrogen and oxygen atoms in total. The molecule has 1 atom stereocenters. The van der Waals surface area contributed by atoms with Gasteiger partial charge in [-0.05, 0) is 45.0 Å². The van der Waals surface area contributed by atoms with Crippen LogP contribution in [0.3, 0.4) is 0 Å². The number of hydrogen-bond donors (Lipinski definition) is 2. The van der Waals surface area contributed by atoms with Crippen LogP contribution >= 0.6 is 11.8 Å². The number of nitrogen functional groups attached to an aromatic ring is 1. The lowest BCUT2D eigenvalue weighted by Gasteiger charge is -2.14. The third-order valence-electron chi connectivity index (χ3n) is 3.83. The van der Waals surface area contributed by atoms with Crippen LogP contribution < -0.4 is 11.2 Å². The zero-order chi connectivity index (χ0) is 19.6. The summed E-state index contributed by atoms with van der Waals surface area (Å²) in [6, 6.07) is 7.66. The van der Waals surface area contributed by atoms with E-state index in [4.69, 9.17) is 5.84 Å². The van der Waals surface area contributed by atoms with Crippen LogP contribution in [0.2, 0.25) is 0 Å². The van der Waals surface area contributed by atoms with Gasteiger partial charge in [0.1, 0.15) is 11.6 Å². The van der Waals surface area contributed by atoms with Crippen LogP contribution in [0.4, 0.5) is 10.2 Å². The summed E-state index contributed by atoms with van der Waals surface area (Å²) < 4.78 is 16.1. The maximum atomic E-state index is 13.1. The second-order valence-electron chi connectivity index (χ2n) is 6.19. The molecule has 2 heterocycles. The first kappa shape index (κ1) is 18.9. The zero-order valence-corrected chi connectivity index (χ0v) is 15.9. The first-order valence-electron chi connectivity index (χ1n) is 8.34. The van der Waals surface area contributed by atoms with Crippen molar-refractivity contribution in [2.24, 2.45) is 0 Å². The first-order valence-corrected chi connectivity index (χ1v) is 9.22. The fraction of sp³-hybridized carbons (Fsp3) is 0.294. The van der Waals surface area contributed by atoms with Crippen LogP contribution in [-0.4, -0.2) is 35.8 Å².